The fourth-order valence-corrected chi connectivity index (χ4v) is 1.15. The predicted octanol–water partition coefficient (Wildman–Crippen LogP) is 0.916. The average molecular weight is 147 g/mol. The van der Waals surface area contributed by atoms with Crippen LogP contribution in [0.1, 0.15) is 19.3 Å². The highest BCUT2D eigenvalue weighted by Gasteiger charge is 2.26. The summed E-state index contributed by atoms with van der Waals surface area (Å²) < 4.78 is 0. The zero-order valence-electron chi connectivity index (χ0n) is 4.89. The molecule has 0 amide bonds. The van der Waals surface area contributed by atoms with Crippen molar-refractivity contribution in [1.82, 2.24) is 0 Å². The topological polar surface area (TPSA) is 34.1 Å². The lowest BCUT2D eigenvalue weighted by molar-refractivity contribution is -0.137. The van der Waals surface area contributed by atoms with Crippen molar-refractivity contribution in [2.75, 3.05) is 0 Å². The third kappa shape index (κ3) is 1.30. The maximum absolute atomic E-state index is 10.6. The second-order valence-electron chi connectivity index (χ2n) is 2.15. The molecule has 0 saturated heterocycles. The second kappa shape index (κ2) is 2.48. The van der Waals surface area contributed by atoms with Gasteiger partial charge >= 0.3 is 0 Å². The van der Waals surface area contributed by atoms with Gasteiger partial charge in [0.25, 0.3) is 0 Å². The molecule has 0 aromatic rings. The molecule has 0 aliphatic heterocycles. The molecule has 9 heavy (non-hydrogen) atoms. The smallest absolute Gasteiger partial charge is 0.216 e. The lowest BCUT2D eigenvalue weighted by Crippen LogP contribution is -2.28. The van der Waals surface area contributed by atoms with Crippen molar-refractivity contribution in [2.45, 2.75) is 24.6 Å². The minimum atomic E-state index is -0.536. The molecular weight excluding hydrogens is 140 g/mol. The predicted molar refractivity (Wildman–Crippen MR) is 33.5 cm³/mol. The van der Waals surface area contributed by atoms with E-state index in [0.717, 1.165) is 6.42 Å². The van der Waals surface area contributed by atoms with E-state index in [0.29, 0.717) is 12.8 Å². The Morgan fingerprint density at radius 1 is 1.44 bits per heavy atom. The van der Waals surface area contributed by atoms with Gasteiger partial charge in [0, 0.05) is 6.42 Å². The van der Waals surface area contributed by atoms with Gasteiger partial charge < -0.3 is 0 Å². The van der Waals surface area contributed by atoms with Gasteiger partial charge in [-0.2, -0.15) is 0 Å². The van der Waals surface area contributed by atoms with Crippen LogP contribution in [0.4, 0.5) is 0 Å². The van der Waals surface area contributed by atoms with Crippen molar-refractivity contribution in [3.63, 3.8) is 0 Å². The minimum Gasteiger partial charge on any atom is -0.291 e. The van der Waals surface area contributed by atoms with E-state index in [1.807, 2.05) is 0 Å². The first kappa shape index (κ1) is 6.75. The van der Waals surface area contributed by atoms with Crippen LogP contribution >= 0.6 is 11.6 Å². The van der Waals surface area contributed by atoms with Crippen LogP contribution in [-0.2, 0) is 9.59 Å². The number of rotatable bonds is 0. The molecule has 50 valence electrons. The highest BCUT2D eigenvalue weighted by Crippen LogP contribution is 2.16. The molecule has 1 rings (SSSR count). The molecule has 2 nitrogen and oxygen atoms in total. The molecule has 1 saturated carbocycles. The normalized spacial score (nSPS) is 28.8. The van der Waals surface area contributed by atoms with Crippen molar-refractivity contribution in [3.8, 4) is 0 Å². The van der Waals surface area contributed by atoms with Crippen molar-refractivity contribution >= 4 is 23.2 Å². The van der Waals surface area contributed by atoms with Crippen molar-refractivity contribution in [3.05, 3.63) is 0 Å². The van der Waals surface area contributed by atoms with E-state index >= 15 is 0 Å². The number of alkyl halides is 1. The van der Waals surface area contributed by atoms with Crippen LogP contribution < -0.4 is 0 Å². The fraction of sp³-hybridized carbons (Fsp3) is 0.667. The molecule has 3 heteroatoms. The molecule has 0 heterocycles. The third-order valence-electron chi connectivity index (χ3n) is 1.42. The summed E-state index contributed by atoms with van der Waals surface area (Å²) in [6, 6.07) is 0. The number of halogens is 1. The second-order valence-corrected chi connectivity index (χ2v) is 2.67. The van der Waals surface area contributed by atoms with E-state index in [2.05, 4.69) is 0 Å². The molecule has 0 unspecified atom stereocenters. The zero-order valence-corrected chi connectivity index (χ0v) is 5.65. The van der Waals surface area contributed by atoms with Gasteiger partial charge in [0.1, 0.15) is 0 Å². The highest BCUT2D eigenvalue weighted by atomic mass is 35.5. The van der Waals surface area contributed by atoms with E-state index in [1.165, 1.54) is 0 Å². The summed E-state index contributed by atoms with van der Waals surface area (Å²) in [4.78, 5) is 21.2. The van der Waals surface area contributed by atoms with E-state index in [-0.39, 0.29) is 5.78 Å². The maximum atomic E-state index is 10.6. The third-order valence-corrected chi connectivity index (χ3v) is 1.84. The quantitative estimate of drug-likeness (QED) is 0.376. The van der Waals surface area contributed by atoms with Gasteiger partial charge in [-0.1, -0.05) is 0 Å². The van der Waals surface area contributed by atoms with Crippen molar-refractivity contribution in [2.24, 2.45) is 0 Å². The number of Topliss-reactive ketones (excluding diaryl/α,β-unsaturated/α-hetero) is 2. The number of ketones is 2. The summed E-state index contributed by atoms with van der Waals surface area (Å²) >= 11 is 5.49. The van der Waals surface area contributed by atoms with Crippen molar-refractivity contribution < 1.29 is 9.59 Å². The Morgan fingerprint density at radius 2 is 2.11 bits per heavy atom. The molecule has 1 aliphatic rings. The van der Waals surface area contributed by atoms with Crippen LogP contribution in [0.2, 0.25) is 0 Å². The summed E-state index contributed by atoms with van der Waals surface area (Å²) in [5, 5.41) is -0.536. The van der Waals surface area contributed by atoms with E-state index in [1.54, 1.807) is 0 Å². The minimum absolute atomic E-state index is 0.304. The van der Waals surface area contributed by atoms with E-state index in [9.17, 15) is 9.59 Å². The van der Waals surface area contributed by atoms with Gasteiger partial charge in [-0.15, -0.1) is 11.6 Å². The first-order chi connectivity index (χ1) is 4.22. The van der Waals surface area contributed by atoms with Gasteiger partial charge in [-0.25, -0.2) is 0 Å². The molecule has 0 aromatic heterocycles. The summed E-state index contributed by atoms with van der Waals surface area (Å²) in [6.45, 7) is 0. The lowest BCUT2D eigenvalue weighted by Gasteiger charge is -2.11. The van der Waals surface area contributed by atoms with Crippen LogP contribution in [0.3, 0.4) is 0 Å². The molecule has 0 radical (unpaired) electrons. The fourth-order valence-electron chi connectivity index (χ4n) is 0.871. The Bertz CT molecular complexity index is 153. The first-order valence-corrected chi connectivity index (χ1v) is 3.36. The number of carbonyl (C=O) groups excluding carboxylic acids is 2. The average Bonchev–Trinajstić information content (AvgIpc) is 1.83. The van der Waals surface area contributed by atoms with E-state index in [4.69, 9.17) is 11.6 Å². The summed E-state index contributed by atoms with van der Waals surface area (Å²) in [7, 11) is 0. The Balaban J connectivity index is 2.62. The molecule has 0 aromatic carbocycles. The molecule has 0 N–H and O–H groups in total. The summed E-state index contributed by atoms with van der Waals surface area (Å²) in [5.74, 6) is -0.704. The van der Waals surface area contributed by atoms with Crippen LogP contribution in [0.25, 0.3) is 0 Å². The number of hydrogen-bond donors (Lipinski definition) is 0. The first-order valence-electron chi connectivity index (χ1n) is 2.93. The molecule has 0 spiro atoms. The molecule has 0 bridgehead atoms. The van der Waals surface area contributed by atoms with Gasteiger partial charge in [-0.05, 0) is 12.8 Å². The lowest BCUT2D eigenvalue weighted by atomic mass is 9.98. The number of hydrogen-bond acceptors (Lipinski definition) is 2. The largest absolute Gasteiger partial charge is 0.291 e. The molecule has 1 fully saturated rings. The zero-order chi connectivity index (χ0) is 6.85. The van der Waals surface area contributed by atoms with Gasteiger partial charge in [0.15, 0.2) is 5.78 Å². The monoisotopic (exact) mass is 146 g/mol. The van der Waals surface area contributed by atoms with Gasteiger partial charge in [0.2, 0.25) is 5.78 Å². The van der Waals surface area contributed by atoms with Crippen molar-refractivity contribution in [1.29, 1.82) is 0 Å². The van der Waals surface area contributed by atoms with Gasteiger partial charge in [0.05, 0.1) is 5.38 Å². The SMILES string of the molecule is O=C1CCC[C@H](Cl)C1=O. The summed E-state index contributed by atoms with van der Waals surface area (Å²) in [5.41, 5.74) is 0. The standard InChI is InChI=1S/C6H7ClO2/c7-4-2-1-3-5(8)6(4)9/h4H,1-3H2/t4-/m0/s1. The molecule has 1 aliphatic carbocycles. The Hall–Kier alpha value is -0.370. The summed E-state index contributed by atoms with van der Waals surface area (Å²) in [6.07, 6.45) is 1.81. The van der Waals surface area contributed by atoms with Crippen LogP contribution in [-0.4, -0.2) is 16.9 Å². The molecular formula is C6H7ClO2. The van der Waals surface area contributed by atoms with Crippen LogP contribution in [0, 0.1) is 0 Å². The van der Waals surface area contributed by atoms with Crippen LogP contribution in [0.15, 0.2) is 0 Å². The number of carbonyl (C=O) groups is 2. The Kier molecular flexibility index (Phi) is 1.86. The van der Waals surface area contributed by atoms with E-state index < -0.39 is 11.2 Å². The Labute approximate surface area is 58.2 Å². The highest BCUT2D eigenvalue weighted by molar-refractivity contribution is 6.50. The molecule has 1 atom stereocenters. The maximum Gasteiger partial charge on any atom is 0.216 e. The van der Waals surface area contributed by atoms with Gasteiger partial charge in [-0.3, -0.25) is 9.59 Å². The van der Waals surface area contributed by atoms with Crippen LogP contribution in [0.5, 0.6) is 0 Å². The Morgan fingerprint density at radius 3 is 2.56 bits per heavy atom.